The molecule has 2 heteroatoms. The van der Waals surface area contributed by atoms with E-state index in [2.05, 4.69) is 25.8 Å². The van der Waals surface area contributed by atoms with Gasteiger partial charge in [-0.2, -0.15) is 0 Å². The highest BCUT2D eigenvalue weighted by Gasteiger charge is 2.28. The zero-order chi connectivity index (χ0) is 8.72. The number of thiazole rings is 1. The van der Waals surface area contributed by atoms with Crippen LogP contribution in [0.15, 0.2) is 0 Å². The van der Waals surface area contributed by atoms with Gasteiger partial charge in [0.1, 0.15) is 0 Å². The van der Waals surface area contributed by atoms with Gasteiger partial charge in [0.2, 0.25) is 0 Å². The van der Waals surface area contributed by atoms with Crippen molar-refractivity contribution in [1.82, 2.24) is 4.98 Å². The highest BCUT2D eigenvalue weighted by Crippen LogP contribution is 2.43. The third-order valence-corrected chi connectivity index (χ3v) is 3.59. The van der Waals surface area contributed by atoms with Crippen LogP contribution in [0.3, 0.4) is 0 Å². The summed E-state index contributed by atoms with van der Waals surface area (Å²) in [7, 11) is 0. The van der Waals surface area contributed by atoms with E-state index in [0.29, 0.717) is 5.92 Å². The van der Waals surface area contributed by atoms with Crippen LogP contribution in [0, 0.1) is 6.92 Å². The predicted molar refractivity (Wildman–Crippen MR) is 52.9 cm³/mol. The largest absolute Gasteiger partial charge is 0.245 e. The van der Waals surface area contributed by atoms with Crippen LogP contribution in [0.5, 0.6) is 0 Å². The van der Waals surface area contributed by atoms with E-state index in [1.54, 1.807) is 0 Å². The van der Waals surface area contributed by atoms with Gasteiger partial charge < -0.3 is 0 Å². The molecule has 1 aromatic rings. The van der Waals surface area contributed by atoms with Gasteiger partial charge in [-0.3, -0.25) is 0 Å². The Kier molecular flexibility index (Phi) is 1.95. The maximum Gasteiger partial charge on any atom is 0.0956 e. The molecule has 1 nitrogen and oxygen atoms in total. The second-order valence-corrected chi connectivity index (χ2v) is 5.16. The summed E-state index contributed by atoms with van der Waals surface area (Å²) < 4.78 is 0. The third-order valence-electron chi connectivity index (χ3n) is 2.31. The van der Waals surface area contributed by atoms with E-state index in [1.165, 1.54) is 28.4 Å². The highest BCUT2D eigenvalue weighted by molar-refractivity contribution is 7.11. The van der Waals surface area contributed by atoms with Crippen LogP contribution in [0.4, 0.5) is 0 Å². The molecule has 1 aliphatic carbocycles. The predicted octanol–water partition coefficient (Wildman–Crippen LogP) is 3.45. The molecule has 1 saturated carbocycles. The van der Waals surface area contributed by atoms with E-state index in [-0.39, 0.29) is 0 Å². The number of hydrogen-bond acceptors (Lipinski definition) is 2. The van der Waals surface area contributed by atoms with Gasteiger partial charge in [0.05, 0.1) is 10.7 Å². The fourth-order valence-electron chi connectivity index (χ4n) is 1.41. The summed E-state index contributed by atoms with van der Waals surface area (Å²) in [5.41, 5.74) is 1.39. The second kappa shape index (κ2) is 2.84. The van der Waals surface area contributed by atoms with E-state index in [4.69, 9.17) is 0 Å². The van der Waals surface area contributed by atoms with Crippen LogP contribution in [-0.2, 0) is 0 Å². The maximum absolute atomic E-state index is 4.69. The van der Waals surface area contributed by atoms with Gasteiger partial charge in [0, 0.05) is 16.7 Å². The summed E-state index contributed by atoms with van der Waals surface area (Å²) in [6.07, 6.45) is 2.73. The Balaban J connectivity index is 2.30. The van der Waals surface area contributed by atoms with Gasteiger partial charge in [0.25, 0.3) is 0 Å². The summed E-state index contributed by atoms with van der Waals surface area (Å²) in [5.74, 6) is 1.41. The first kappa shape index (κ1) is 8.24. The Morgan fingerprint density at radius 1 is 1.42 bits per heavy atom. The molecular weight excluding hydrogens is 166 g/mol. The Morgan fingerprint density at radius 3 is 2.50 bits per heavy atom. The van der Waals surface area contributed by atoms with Crippen LogP contribution in [0.2, 0.25) is 0 Å². The number of aromatic nitrogens is 1. The van der Waals surface area contributed by atoms with Crippen molar-refractivity contribution in [2.24, 2.45) is 0 Å². The summed E-state index contributed by atoms with van der Waals surface area (Å²) in [6.45, 7) is 6.64. The minimum Gasteiger partial charge on any atom is -0.245 e. The first-order chi connectivity index (χ1) is 5.68. The lowest BCUT2D eigenvalue weighted by Crippen LogP contribution is -1.87. The molecule has 0 spiro atoms. The zero-order valence-corrected chi connectivity index (χ0v) is 8.74. The van der Waals surface area contributed by atoms with Gasteiger partial charge in [-0.05, 0) is 19.8 Å². The molecule has 0 aromatic carbocycles. The first-order valence-corrected chi connectivity index (χ1v) is 5.47. The lowest BCUT2D eigenvalue weighted by molar-refractivity contribution is 0.837. The van der Waals surface area contributed by atoms with Crippen molar-refractivity contribution < 1.29 is 0 Å². The smallest absolute Gasteiger partial charge is 0.0956 e. The van der Waals surface area contributed by atoms with Crippen LogP contribution in [0.1, 0.15) is 54.1 Å². The maximum atomic E-state index is 4.69. The molecule has 0 saturated heterocycles. The fourth-order valence-corrected chi connectivity index (χ4v) is 2.42. The quantitative estimate of drug-likeness (QED) is 0.681. The van der Waals surface area contributed by atoms with Crippen molar-refractivity contribution >= 4 is 11.3 Å². The standard InChI is InChI=1S/C10H15NS/c1-6(2)10-11-9(7(3)12-10)8-4-5-8/h6,8H,4-5H2,1-3H3. The van der Waals surface area contributed by atoms with Crippen molar-refractivity contribution in [3.05, 3.63) is 15.6 Å². The van der Waals surface area contributed by atoms with Gasteiger partial charge in [-0.15, -0.1) is 11.3 Å². The van der Waals surface area contributed by atoms with Crippen LogP contribution < -0.4 is 0 Å². The monoisotopic (exact) mass is 181 g/mol. The molecule has 1 fully saturated rings. The zero-order valence-electron chi connectivity index (χ0n) is 7.92. The Hall–Kier alpha value is -0.370. The topological polar surface area (TPSA) is 12.9 Å². The molecule has 0 atom stereocenters. The van der Waals surface area contributed by atoms with Crippen LogP contribution >= 0.6 is 11.3 Å². The molecule has 1 aromatic heterocycles. The third kappa shape index (κ3) is 1.40. The van der Waals surface area contributed by atoms with Crippen molar-refractivity contribution in [2.45, 2.75) is 45.4 Å². The summed E-state index contributed by atoms with van der Waals surface area (Å²) in [4.78, 5) is 6.14. The molecule has 12 heavy (non-hydrogen) atoms. The van der Waals surface area contributed by atoms with Crippen LogP contribution in [0.25, 0.3) is 0 Å². The van der Waals surface area contributed by atoms with Crippen LogP contribution in [-0.4, -0.2) is 4.98 Å². The van der Waals surface area contributed by atoms with Gasteiger partial charge in [-0.25, -0.2) is 4.98 Å². The molecule has 2 rings (SSSR count). The molecular formula is C10H15NS. The summed E-state index contributed by atoms with van der Waals surface area (Å²) in [6, 6.07) is 0. The first-order valence-electron chi connectivity index (χ1n) is 4.65. The number of rotatable bonds is 2. The molecule has 1 heterocycles. The van der Waals surface area contributed by atoms with E-state index in [9.17, 15) is 0 Å². The van der Waals surface area contributed by atoms with E-state index < -0.39 is 0 Å². The number of hydrogen-bond donors (Lipinski definition) is 0. The average Bonchev–Trinajstić information content (AvgIpc) is 2.75. The molecule has 0 N–H and O–H groups in total. The van der Waals surface area contributed by atoms with Crippen molar-refractivity contribution in [1.29, 1.82) is 0 Å². The summed E-state index contributed by atoms with van der Waals surface area (Å²) in [5, 5.41) is 1.31. The SMILES string of the molecule is Cc1sc(C(C)C)nc1C1CC1. The number of nitrogens with zero attached hydrogens (tertiary/aromatic N) is 1. The van der Waals surface area contributed by atoms with Crippen molar-refractivity contribution in [3.63, 3.8) is 0 Å². The highest BCUT2D eigenvalue weighted by atomic mass is 32.1. The molecule has 0 unspecified atom stereocenters. The Morgan fingerprint density at radius 2 is 2.08 bits per heavy atom. The lowest BCUT2D eigenvalue weighted by Gasteiger charge is -1.95. The average molecular weight is 181 g/mol. The van der Waals surface area contributed by atoms with Gasteiger partial charge in [-0.1, -0.05) is 13.8 Å². The van der Waals surface area contributed by atoms with E-state index >= 15 is 0 Å². The van der Waals surface area contributed by atoms with Crippen molar-refractivity contribution in [2.75, 3.05) is 0 Å². The van der Waals surface area contributed by atoms with Gasteiger partial charge in [0.15, 0.2) is 0 Å². The van der Waals surface area contributed by atoms with Gasteiger partial charge >= 0.3 is 0 Å². The molecule has 1 aliphatic rings. The lowest BCUT2D eigenvalue weighted by atomic mass is 10.2. The molecule has 0 bridgehead atoms. The fraction of sp³-hybridized carbons (Fsp3) is 0.700. The minimum atomic E-state index is 0.598. The van der Waals surface area contributed by atoms with Crippen molar-refractivity contribution in [3.8, 4) is 0 Å². The summed E-state index contributed by atoms with van der Waals surface area (Å²) >= 11 is 1.88. The molecule has 66 valence electrons. The molecule has 0 radical (unpaired) electrons. The molecule has 0 aliphatic heterocycles. The second-order valence-electron chi connectivity index (χ2n) is 3.92. The Bertz CT molecular complexity index is 284. The van der Waals surface area contributed by atoms with E-state index in [1.807, 2.05) is 11.3 Å². The number of aryl methyl sites for hydroxylation is 1. The Labute approximate surface area is 77.8 Å². The van der Waals surface area contributed by atoms with E-state index in [0.717, 1.165) is 5.92 Å². The molecule has 0 amide bonds. The normalized spacial score (nSPS) is 17.3. The minimum absolute atomic E-state index is 0.598.